The molecule has 0 spiro atoms. The SMILES string of the molecule is Cn1cc(C2=CCN(c3cnn(Cc4cnc(C(F)(F)F)s4)c(=O)n3)CC2O)cn1. The topological polar surface area (TPSA) is 102 Å². The smallest absolute Gasteiger partial charge is 0.387 e. The quantitative estimate of drug-likeness (QED) is 0.651. The number of aliphatic hydroxyl groups is 1. The zero-order chi connectivity index (χ0) is 21.5. The van der Waals surface area contributed by atoms with Gasteiger partial charge in [-0.05, 0) is 5.57 Å². The van der Waals surface area contributed by atoms with Crippen LogP contribution in [0.2, 0.25) is 0 Å². The predicted molar refractivity (Wildman–Crippen MR) is 102 cm³/mol. The third-order valence-electron chi connectivity index (χ3n) is 4.49. The maximum Gasteiger partial charge on any atom is 0.443 e. The van der Waals surface area contributed by atoms with Crippen LogP contribution in [0.5, 0.6) is 0 Å². The minimum atomic E-state index is -4.53. The molecule has 0 saturated heterocycles. The van der Waals surface area contributed by atoms with Gasteiger partial charge in [0.25, 0.3) is 0 Å². The second-order valence-electron chi connectivity index (χ2n) is 6.67. The molecular formula is C17H16F3N7O2S. The van der Waals surface area contributed by atoms with Crippen LogP contribution < -0.4 is 10.6 Å². The zero-order valence-electron chi connectivity index (χ0n) is 15.6. The number of alkyl halides is 3. The average Bonchev–Trinajstić information content (AvgIpc) is 3.32. The largest absolute Gasteiger partial charge is 0.443 e. The summed E-state index contributed by atoms with van der Waals surface area (Å²) in [5.74, 6) is 0.275. The van der Waals surface area contributed by atoms with Gasteiger partial charge in [0, 0.05) is 43.0 Å². The van der Waals surface area contributed by atoms with Gasteiger partial charge in [-0.25, -0.2) is 14.5 Å². The van der Waals surface area contributed by atoms with Crippen LogP contribution in [-0.4, -0.2) is 53.8 Å². The number of anilines is 1. The minimum Gasteiger partial charge on any atom is -0.387 e. The van der Waals surface area contributed by atoms with Crippen molar-refractivity contribution in [1.29, 1.82) is 0 Å². The van der Waals surface area contributed by atoms with E-state index in [1.54, 1.807) is 29.0 Å². The fourth-order valence-electron chi connectivity index (χ4n) is 3.07. The van der Waals surface area contributed by atoms with E-state index in [4.69, 9.17) is 0 Å². The maximum absolute atomic E-state index is 12.7. The lowest BCUT2D eigenvalue weighted by atomic mass is 10.00. The molecule has 3 aromatic heterocycles. The van der Waals surface area contributed by atoms with Gasteiger partial charge < -0.3 is 10.0 Å². The van der Waals surface area contributed by atoms with Gasteiger partial charge in [-0.15, -0.1) is 11.3 Å². The summed E-state index contributed by atoms with van der Waals surface area (Å²) in [5, 5.41) is 17.6. The van der Waals surface area contributed by atoms with E-state index in [1.165, 1.54) is 6.20 Å². The summed E-state index contributed by atoms with van der Waals surface area (Å²) in [6.07, 6.45) is 2.38. The van der Waals surface area contributed by atoms with Crippen molar-refractivity contribution < 1.29 is 18.3 Å². The molecule has 1 atom stereocenters. The highest BCUT2D eigenvalue weighted by atomic mass is 32.1. The Morgan fingerprint density at radius 1 is 1.27 bits per heavy atom. The Morgan fingerprint density at radius 3 is 2.67 bits per heavy atom. The van der Waals surface area contributed by atoms with E-state index in [-0.39, 0.29) is 23.8 Å². The molecule has 0 aliphatic carbocycles. The van der Waals surface area contributed by atoms with Crippen LogP contribution in [0.15, 0.2) is 35.7 Å². The standard InChI is InChI=1S/C17H16F3N7O2S/c1-25-7-10(4-22-25)12-2-3-26(9-13(12)28)14-6-23-27(16(29)24-14)8-11-5-21-15(30-11)17(18,19)20/h2,4-7,13,28H,3,8-9H2,1H3. The molecule has 4 heterocycles. The predicted octanol–water partition coefficient (Wildman–Crippen LogP) is 1.16. The molecule has 3 aromatic rings. The van der Waals surface area contributed by atoms with Crippen molar-refractivity contribution in [3.05, 3.63) is 56.8 Å². The third kappa shape index (κ3) is 4.11. The number of rotatable bonds is 4. The van der Waals surface area contributed by atoms with Gasteiger partial charge in [0.05, 0.1) is 25.0 Å². The molecule has 1 unspecified atom stereocenters. The molecular weight excluding hydrogens is 423 g/mol. The van der Waals surface area contributed by atoms with Crippen LogP contribution in [0, 0.1) is 0 Å². The first-order chi connectivity index (χ1) is 14.2. The molecule has 0 fully saturated rings. The van der Waals surface area contributed by atoms with E-state index in [2.05, 4.69) is 20.2 Å². The molecule has 0 bridgehead atoms. The number of nitrogens with zero attached hydrogens (tertiary/aromatic N) is 7. The van der Waals surface area contributed by atoms with Crippen molar-refractivity contribution in [2.24, 2.45) is 7.05 Å². The molecule has 13 heteroatoms. The first-order valence-electron chi connectivity index (χ1n) is 8.79. The summed E-state index contributed by atoms with van der Waals surface area (Å²) in [4.78, 5) is 21.5. The molecule has 0 amide bonds. The molecule has 0 aromatic carbocycles. The Balaban J connectivity index is 1.49. The summed E-state index contributed by atoms with van der Waals surface area (Å²) in [6, 6.07) is 0. The summed E-state index contributed by atoms with van der Waals surface area (Å²) < 4.78 is 40.6. The van der Waals surface area contributed by atoms with Crippen LogP contribution in [0.1, 0.15) is 15.4 Å². The fourth-order valence-corrected chi connectivity index (χ4v) is 3.83. The summed E-state index contributed by atoms with van der Waals surface area (Å²) >= 11 is 0.454. The Labute approximate surface area is 171 Å². The van der Waals surface area contributed by atoms with Crippen molar-refractivity contribution in [2.45, 2.75) is 18.8 Å². The van der Waals surface area contributed by atoms with Gasteiger partial charge >= 0.3 is 11.9 Å². The minimum absolute atomic E-state index is 0.159. The van der Waals surface area contributed by atoms with E-state index in [9.17, 15) is 23.1 Å². The van der Waals surface area contributed by atoms with Gasteiger partial charge in [0.2, 0.25) is 0 Å². The van der Waals surface area contributed by atoms with Crippen molar-refractivity contribution >= 4 is 22.7 Å². The molecule has 0 saturated carbocycles. The molecule has 9 nitrogen and oxygen atoms in total. The zero-order valence-corrected chi connectivity index (χ0v) is 16.4. The van der Waals surface area contributed by atoms with Crippen molar-refractivity contribution in [3.8, 4) is 0 Å². The lowest BCUT2D eigenvalue weighted by Crippen LogP contribution is -2.39. The lowest BCUT2D eigenvalue weighted by Gasteiger charge is -2.30. The number of thiazole rings is 1. The average molecular weight is 439 g/mol. The number of aromatic nitrogens is 6. The van der Waals surface area contributed by atoms with Gasteiger partial charge in [0.1, 0.15) is 0 Å². The third-order valence-corrected chi connectivity index (χ3v) is 5.52. The van der Waals surface area contributed by atoms with Crippen LogP contribution in [0.3, 0.4) is 0 Å². The number of β-amino-alcohol motifs (C(OH)–C–C–N with tert-alkyl or cyclic N) is 1. The number of aliphatic hydroxyl groups excluding tert-OH is 1. The second kappa shape index (κ2) is 7.65. The van der Waals surface area contributed by atoms with E-state index in [1.807, 2.05) is 6.08 Å². The summed E-state index contributed by atoms with van der Waals surface area (Å²) in [6.45, 7) is 0.458. The fraction of sp³-hybridized carbons (Fsp3) is 0.353. The first kappa shape index (κ1) is 20.2. The number of halogens is 3. The Bertz CT molecular complexity index is 1150. The molecule has 30 heavy (non-hydrogen) atoms. The van der Waals surface area contributed by atoms with Gasteiger partial charge in [-0.3, -0.25) is 4.68 Å². The first-order valence-corrected chi connectivity index (χ1v) is 9.60. The van der Waals surface area contributed by atoms with E-state index >= 15 is 0 Å². The monoisotopic (exact) mass is 439 g/mol. The van der Waals surface area contributed by atoms with Crippen LogP contribution >= 0.6 is 11.3 Å². The molecule has 1 aliphatic rings. The van der Waals surface area contributed by atoms with Gasteiger partial charge in [0.15, 0.2) is 10.8 Å². The van der Waals surface area contributed by atoms with Crippen molar-refractivity contribution in [3.63, 3.8) is 0 Å². The van der Waals surface area contributed by atoms with E-state index in [0.717, 1.165) is 22.0 Å². The lowest BCUT2D eigenvalue weighted by molar-refractivity contribution is -0.137. The maximum atomic E-state index is 12.7. The number of hydrogen-bond acceptors (Lipinski definition) is 8. The van der Waals surface area contributed by atoms with Crippen LogP contribution in [0.25, 0.3) is 5.57 Å². The van der Waals surface area contributed by atoms with Crippen LogP contribution in [-0.2, 0) is 19.8 Å². The van der Waals surface area contributed by atoms with E-state index < -0.39 is 23.0 Å². The highest BCUT2D eigenvalue weighted by molar-refractivity contribution is 7.11. The normalized spacial score (nSPS) is 17.3. The molecule has 158 valence electrons. The Hall–Kier alpha value is -3.06. The molecule has 1 N–H and O–H groups in total. The van der Waals surface area contributed by atoms with Crippen LogP contribution in [0.4, 0.5) is 19.0 Å². The van der Waals surface area contributed by atoms with E-state index in [0.29, 0.717) is 17.9 Å². The van der Waals surface area contributed by atoms with Crippen molar-refractivity contribution in [1.82, 2.24) is 29.5 Å². The summed E-state index contributed by atoms with van der Waals surface area (Å²) in [7, 11) is 1.78. The Morgan fingerprint density at radius 2 is 2.07 bits per heavy atom. The van der Waals surface area contributed by atoms with Gasteiger partial charge in [-0.1, -0.05) is 6.08 Å². The molecule has 4 rings (SSSR count). The van der Waals surface area contributed by atoms with Gasteiger partial charge in [-0.2, -0.15) is 28.4 Å². The highest BCUT2D eigenvalue weighted by Crippen LogP contribution is 2.32. The van der Waals surface area contributed by atoms with Crippen molar-refractivity contribution in [2.75, 3.05) is 18.0 Å². The number of hydrogen-bond donors (Lipinski definition) is 1. The Kier molecular flexibility index (Phi) is 5.15. The molecule has 0 radical (unpaired) electrons. The summed E-state index contributed by atoms with van der Waals surface area (Å²) in [5.41, 5.74) is 0.853. The molecule has 1 aliphatic heterocycles. The highest BCUT2D eigenvalue weighted by Gasteiger charge is 2.34. The number of aryl methyl sites for hydroxylation is 1. The second-order valence-corrected chi connectivity index (χ2v) is 7.78.